The van der Waals surface area contributed by atoms with Crippen molar-refractivity contribution in [3.63, 3.8) is 0 Å². The summed E-state index contributed by atoms with van der Waals surface area (Å²) in [5.74, 6) is 3.04. The molecule has 1 aromatic rings. The summed E-state index contributed by atoms with van der Waals surface area (Å²) in [6, 6.07) is 7.88. The topological polar surface area (TPSA) is 46.2 Å². The normalized spacial score (nSPS) is 23.1. The van der Waals surface area contributed by atoms with Crippen LogP contribution in [0.4, 0.5) is 0 Å². The summed E-state index contributed by atoms with van der Waals surface area (Å²) < 4.78 is 30.7. The Bertz CT molecular complexity index is 863. The molecule has 0 unspecified atom stereocenters. The van der Waals surface area contributed by atoms with Crippen molar-refractivity contribution in [2.75, 3.05) is 7.11 Å². The summed E-state index contributed by atoms with van der Waals surface area (Å²) in [5.41, 5.74) is 1.05. The Kier molecular flexibility index (Phi) is 10.2. The molecule has 5 atom stereocenters. The van der Waals surface area contributed by atoms with Gasteiger partial charge in [0.05, 0.1) is 13.7 Å². The molecule has 0 N–H and O–H groups in total. The van der Waals surface area contributed by atoms with Gasteiger partial charge in [-0.05, 0) is 62.5 Å². The zero-order valence-electron chi connectivity index (χ0n) is 23.4. The van der Waals surface area contributed by atoms with Crippen LogP contribution in [-0.2, 0) is 25.2 Å². The van der Waals surface area contributed by atoms with Gasteiger partial charge in [0.15, 0.2) is 14.1 Å². The van der Waals surface area contributed by atoms with E-state index < -0.39 is 14.1 Å². The average Bonchev–Trinajstić information content (AvgIpc) is 3.07. The van der Waals surface area contributed by atoms with Gasteiger partial charge >= 0.3 is 0 Å². The molecule has 2 rings (SSSR count). The number of hydrogen-bond donors (Lipinski definition) is 0. The predicted molar refractivity (Wildman–Crippen MR) is 145 cm³/mol. The maximum Gasteiger partial charge on any atom is 0.192 e. The van der Waals surface area contributed by atoms with Gasteiger partial charge in [-0.25, -0.2) is 0 Å². The fourth-order valence-corrected chi connectivity index (χ4v) is 5.28. The molecule has 35 heavy (non-hydrogen) atoms. The highest BCUT2D eigenvalue weighted by Gasteiger charge is 2.45. The lowest BCUT2D eigenvalue weighted by Crippen LogP contribution is -2.44. The van der Waals surface area contributed by atoms with Crippen LogP contribution in [-0.4, -0.2) is 45.6 Å². The van der Waals surface area contributed by atoms with Crippen molar-refractivity contribution in [1.29, 1.82) is 0 Å². The highest BCUT2D eigenvalue weighted by atomic mass is 28.4. The minimum absolute atomic E-state index is 0.0908. The summed E-state index contributed by atoms with van der Waals surface area (Å²) in [6.45, 7) is 20.0. The summed E-state index contributed by atoms with van der Waals surface area (Å²) in [7, 11) is -0.202. The minimum Gasteiger partial charge on any atom is -0.497 e. The molecule has 5 nitrogen and oxygen atoms in total. The third-order valence-electron chi connectivity index (χ3n) is 7.10. The molecule has 0 amide bonds. The van der Waals surface area contributed by atoms with E-state index in [0.717, 1.165) is 11.3 Å². The first-order chi connectivity index (χ1) is 16.2. The first-order valence-electron chi connectivity index (χ1n) is 12.6. The lowest BCUT2D eigenvalue weighted by Gasteiger charge is -2.39. The zero-order chi connectivity index (χ0) is 26.4. The number of benzene rings is 1. The van der Waals surface area contributed by atoms with Gasteiger partial charge < -0.3 is 23.4 Å². The smallest absolute Gasteiger partial charge is 0.192 e. The third kappa shape index (κ3) is 8.47. The summed E-state index contributed by atoms with van der Waals surface area (Å²) in [4.78, 5) is 0. The molecule has 196 valence electrons. The van der Waals surface area contributed by atoms with Crippen molar-refractivity contribution in [3.05, 3.63) is 42.0 Å². The van der Waals surface area contributed by atoms with Crippen molar-refractivity contribution >= 4 is 8.32 Å². The second-order valence-electron chi connectivity index (χ2n) is 11.5. The van der Waals surface area contributed by atoms with Gasteiger partial charge in [-0.3, -0.25) is 0 Å². The number of methoxy groups -OCH3 is 1. The van der Waals surface area contributed by atoms with Crippen LogP contribution in [0.3, 0.4) is 0 Å². The van der Waals surface area contributed by atoms with Crippen LogP contribution in [0.1, 0.15) is 60.5 Å². The highest BCUT2D eigenvalue weighted by molar-refractivity contribution is 6.74. The molecule has 0 aromatic heterocycles. The second-order valence-corrected chi connectivity index (χ2v) is 16.3. The first kappa shape index (κ1) is 29.6. The van der Waals surface area contributed by atoms with Crippen LogP contribution in [0.15, 0.2) is 36.4 Å². The maximum atomic E-state index is 6.62. The number of rotatable bonds is 11. The molecule has 6 heteroatoms. The van der Waals surface area contributed by atoms with E-state index >= 15 is 0 Å². The van der Waals surface area contributed by atoms with E-state index in [0.29, 0.717) is 13.0 Å². The van der Waals surface area contributed by atoms with Crippen molar-refractivity contribution in [2.24, 2.45) is 5.92 Å². The molecular formula is C29H46O5Si. The number of hydrogen-bond acceptors (Lipinski definition) is 5. The molecule has 1 saturated heterocycles. The fourth-order valence-electron chi connectivity index (χ4n) is 3.78. The predicted octanol–water partition coefficient (Wildman–Crippen LogP) is 6.73. The van der Waals surface area contributed by atoms with Crippen LogP contribution in [0.2, 0.25) is 18.1 Å². The van der Waals surface area contributed by atoms with E-state index in [1.165, 1.54) is 0 Å². The maximum absolute atomic E-state index is 6.62. The van der Waals surface area contributed by atoms with Gasteiger partial charge in [0.1, 0.15) is 24.1 Å². The largest absolute Gasteiger partial charge is 0.497 e. The standard InChI is InChI=1S/C29H46O5Si/c1-12-13-26-27(33-29(7,8)32-26)25(31-20-23-15-17-24(30-9)18-16-23)19-14-21(2)22(3)34-35(10,11)28(4,5)6/h1,14-19,21-22,25-27H,13,20H2,2-11H3/t21-,22-,25-,26+,27-/m1/s1. The van der Waals surface area contributed by atoms with Crippen LogP contribution >= 0.6 is 0 Å². The van der Waals surface area contributed by atoms with E-state index in [9.17, 15) is 0 Å². The Labute approximate surface area is 214 Å². The minimum atomic E-state index is -1.86. The van der Waals surface area contributed by atoms with Crippen molar-refractivity contribution in [3.8, 4) is 18.1 Å². The van der Waals surface area contributed by atoms with E-state index in [4.69, 9.17) is 29.8 Å². The van der Waals surface area contributed by atoms with Gasteiger partial charge in [0, 0.05) is 12.5 Å². The monoisotopic (exact) mass is 502 g/mol. The number of ether oxygens (including phenoxy) is 4. The molecule has 1 fully saturated rings. The Morgan fingerprint density at radius 1 is 1.11 bits per heavy atom. The molecule has 1 heterocycles. The fraction of sp³-hybridized carbons (Fsp3) is 0.655. The molecule has 1 aliphatic heterocycles. The lowest BCUT2D eigenvalue weighted by molar-refractivity contribution is -0.156. The lowest BCUT2D eigenvalue weighted by atomic mass is 10.0. The average molecular weight is 503 g/mol. The number of terminal acetylenes is 1. The van der Waals surface area contributed by atoms with Crippen LogP contribution in [0.5, 0.6) is 5.75 Å². The summed E-state index contributed by atoms with van der Waals surface area (Å²) >= 11 is 0. The first-order valence-corrected chi connectivity index (χ1v) is 15.5. The molecule has 0 bridgehead atoms. The molecule has 1 aromatic carbocycles. The van der Waals surface area contributed by atoms with Crippen molar-refractivity contribution < 1.29 is 23.4 Å². The zero-order valence-corrected chi connectivity index (χ0v) is 24.4. The second kappa shape index (κ2) is 12.1. The molecular weight excluding hydrogens is 456 g/mol. The molecule has 0 saturated carbocycles. The van der Waals surface area contributed by atoms with Crippen LogP contribution in [0.25, 0.3) is 0 Å². The van der Waals surface area contributed by atoms with Gasteiger partial charge in [-0.15, -0.1) is 12.3 Å². The van der Waals surface area contributed by atoms with E-state index in [1.807, 2.05) is 38.1 Å². The van der Waals surface area contributed by atoms with Gasteiger partial charge in [-0.2, -0.15) is 0 Å². The molecule has 0 aliphatic carbocycles. The highest BCUT2D eigenvalue weighted by Crippen LogP contribution is 2.38. The van der Waals surface area contributed by atoms with Crippen molar-refractivity contribution in [1.82, 2.24) is 0 Å². The molecule has 1 aliphatic rings. The SMILES string of the molecule is C#CC[C@@H]1OC(C)(C)O[C@@H]1[C@@H](C=C[C@@H](C)[C@@H](C)O[Si](C)(C)C(C)(C)C)OCc1ccc(OC)cc1. The quantitative estimate of drug-likeness (QED) is 0.191. The summed E-state index contributed by atoms with van der Waals surface area (Å²) in [5, 5.41) is 0.164. The Balaban J connectivity index is 2.20. The van der Waals surface area contributed by atoms with Gasteiger partial charge in [-0.1, -0.05) is 52.0 Å². The van der Waals surface area contributed by atoms with E-state index in [1.54, 1.807) is 7.11 Å². The molecule has 0 spiro atoms. The van der Waals surface area contributed by atoms with Gasteiger partial charge in [0.25, 0.3) is 0 Å². The van der Waals surface area contributed by atoms with Crippen LogP contribution < -0.4 is 4.74 Å². The van der Waals surface area contributed by atoms with E-state index in [-0.39, 0.29) is 35.4 Å². The Morgan fingerprint density at radius 2 is 1.74 bits per heavy atom. The van der Waals surface area contributed by atoms with Gasteiger partial charge in [0.2, 0.25) is 0 Å². The molecule has 0 radical (unpaired) electrons. The Hall–Kier alpha value is -1.62. The van der Waals surface area contributed by atoms with Crippen LogP contribution in [0, 0.1) is 18.3 Å². The van der Waals surface area contributed by atoms with Crippen molar-refractivity contribution in [2.45, 2.75) is 110 Å². The summed E-state index contributed by atoms with van der Waals surface area (Å²) in [6.07, 6.45) is 9.60. The Morgan fingerprint density at radius 3 is 2.29 bits per heavy atom. The third-order valence-corrected chi connectivity index (χ3v) is 11.7. The van der Waals surface area contributed by atoms with E-state index in [2.05, 4.69) is 65.8 Å².